The van der Waals surface area contributed by atoms with E-state index in [4.69, 9.17) is 11.6 Å². The Morgan fingerprint density at radius 3 is 2.24 bits per heavy atom. The summed E-state index contributed by atoms with van der Waals surface area (Å²) in [4.78, 5) is 26.6. The van der Waals surface area contributed by atoms with Gasteiger partial charge in [-0.1, -0.05) is 11.6 Å². The third kappa shape index (κ3) is 4.05. The zero-order valence-corrected chi connectivity index (χ0v) is 19.4. The Kier molecular flexibility index (Phi) is 5.19. The highest BCUT2D eigenvalue weighted by Crippen LogP contribution is 2.42. The van der Waals surface area contributed by atoms with Gasteiger partial charge in [0.2, 0.25) is 0 Å². The van der Waals surface area contributed by atoms with Crippen molar-refractivity contribution >= 4 is 23.4 Å². The summed E-state index contributed by atoms with van der Waals surface area (Å²) < 4.78 is 14.2. The SMILES string of the molecule is O=C(N1CCC(c2nnc(C3CC3)[nH]2)CC1)N1CC2(CCN(c3ncc(Cl)cc3F)CC2)C1. The van der Waals surface area contributed by atoms with Crippen LogP contribution in [-0.4, -0.2) is 75.3 Å². The number of rotatable bonds is 3. The maximum atomic E-state index is 14.2. The fourth-order valence-electron chi connectivity index (χ4n) is 5.61. The van der Waals surface area contributed by atoms with Crippen LogP contribution in [0.2, 0.25) is 5.02 Å². The molecule has 2 aromatic heterocycles. The number of aromatic nitrogens is 4. The summed E-state index contributed by atoms with van der Waals surface area (Å²) in [5.41, 5.74) is 0.159. The van der Waals surface area contributed by atoms with Crippen LogP contribution >= 0.6 is 11.6 Å². The molecule has 1 N–H and O–H groups in total. The summed E-state index contributed by atoms with van der Waals surface area (Å²) in [7, 11) is 0. The number of H-pyrrole nitrogens is 1. The molecule has 10 heteroatoms. The Balaban J connectivity index is 0.982. The van der Waals surface area contributed by atoms with Crippen LogP contribution in [0.5, 0.6) is 0 Å². The second-order valence-corrected chi connectivity index (χ2v) is 10.7. The lowest BCUT2D eigenvalue weighted by molar-refractivity contribution is -0.00311. The minimum absolute atomic E-state index is 0.156. The minimum atomic E-state index is -0.374. The highest BCUT2D eigenvalue weighted by Gasteiger charge is 2.48. The molecular formula is C23H29ClFN7O. The number of amides is 2. The number of aromatic amines is 1. The standard InChI is InChI=1S/C23H29ClFN7O/c24-17-11-18(25)21(26-12-17)30-9-5-23(6-10-30)13-32(14-23)22(33)31-7-3-16(4-8-31)20-27-19(28-29-20)15-1-2-15/h11-12,15-16H,1-10,13-14H2,(H,27,28,29). The van der Waals surface area contributed by atoms with Gasteiger partial charge in [0.05, 0.1) is 5.02 Å². The number of anilines is 1. The zero-order valence-electron chi connectivity index (χ0n) is 18.6. The number of carbonyl (C=O) groups is 1. The van der Waals surface area contributed by atoms with Gasteiger partial charge in [-0.25, -0.2) is 14.2 Å². The fourth-order valence-corrected chi connectivity index (χ4v) is 5.75. The van der Waals surface area contributed by atoms with Gasteiger partial charge >= 0.3 is 6.03 Å². The van der Waals surface area contributed by atoms with Crippen molar-refractivity contribution < 1.29 is 9.18 Å². The molecule has 4 aliphatic rings. The van der Waals surface area contributed by atoms with Gasteiger partial charge in [0.25, 0.3) is 0 Å². The maximum Gasteiger partial charge on any atom is 0.320 e. The first-order valence-corrected chi connectivity index (χ1v) is 12.4. The van der Waals surface area contributed by atoms with E-state index in [1.807, 2.05) is 14.7 Å². The van der Waals surface area contributed by atoms with Crippen LogP contribution in [0.1, 0.15) is 62.0 Å². The number of hydrogen-bond acceptors (Lipinski definition) is 5. The van der Waals surface area contributed by atoms with E-state index in [2.05, 4.69) is 20.2 Å². The van der Waals surface area contributed by atoms with E-state index in [0.717, 1.165) is 76.6 Å². The first kappa shape index (κ1) is 21.1. The van der Waals surface area contributed by atoms with Crippen molar-refractivity contribution in [2.75, 3.05) is 44.2 Å². The summed E-state index contributed by atoms with van der Waals surface area (Å²) in [6.07, 6.45) is 7.66. The van der Waals surface area contributed by atoms with Crippen LogP contribution in [0.25, 0.3) is 0 Å². The summed E-state index contributed by atoms with van der Waals surface area (Å²) in [5, 5.41) is 8.99. The van der Waals surface area contributed by atoms with Crippen molar-refractivity contribution in [1.82, 2.24) is 30.0 Å². The maximum absolute atomic E-state index is 14.2. The van der Waals surface area contributed by atoms with E-state index >= 15 is 0 Å². The largest absolute Gasteiger partial charge is 0.354 e. The second kappa shape index (κ2) is 8.11. The van der Waals surface area contributed by atoms with Gasteiger partial charge in [-0.3, -0.25) is 0 Å². The molecule has 0 aromatic carbocycles. The van der Waals surface area contributed by atoms with Gasteiger partial charge in [-0.15, -0.1) is 10.2 Å². The predicted molar refractivity (Wildman–Crippen MR) is 122 cm³/mol. The minimum Gasteiger partial charge on any atom is -0.354 e. The Labute approximate surface area is 197 Å². The predicted octanol–water partition coefficient (Wildman–Crippen LogP) is 3.77. The Bertz CT molecular complexity index is 1030. The van der Waals surface area contributed by atoms with Crippen molar-refractivity contribution in [3.8, 4) is 0 Å². The molecule has 5 heterocycles. The van der Waals surface area contributed by atoms with Crippen LogP contribution in [0.4, 0.5) is 15.0 Å². The normalized spacial score (nSPS) is 23.2. The summed E-state index contributed by atoms with van der Waals surface area (Å²) in [6, 6.07) is 1.47. The number of carbonyl (C=O) groups excluding carboxylic acids is 1. The molecule has 1 saturated carbocycles. The zero-order chi connectivity index (χ0) is 22.6. The second-order valence-electron chi connectivity index (χ2n) is 10.2. The lowest BCUT2D eigenvalue weighted by Gasteiger charge is -2.55. The molecule has 6 rings (SSSR count). The molecule has 2 aromatic rings. The average Bonchev–Trinajstić information content (AvgIpc) is 3.54. The summed E-state index contributed by atoms with van der Waals surface area (Å²) in [6.45, 7) is 4.62. The molecule has 1 aliphatic carbocycles. The van der Waals surface area contributed by atoms with Crippen molar-refractivity contribution in [3.63, 3.8) is 0 Å². The first-order chi connectivity index (χ1) is 16.0. The van der Waals surface area contributed by atoms with E-state index in [1.165, 1.54) is 25.1 Å². The highest BCUT2D eigenvalue weighted by molar-refractivity contribution is 6.30. The topological polar surface area (TPSA) is 81.2 Å². The van der Waals surface area contributed by atoms with Crippen molar-refractivity contribution in [2.45, 2.75) is 50.4 Å². The van der Waals surface area contributed by atoms with E-state index in [1.54, 1.807) is 0 Å². The number of nitrogens with zero attached hydrogens (tertiary/aromatic N) is 6. The van der Waals surface area contributed by atoms with Gasteiger partial charge in [-0.2, -0.15) is 0 Å². The third-order valence-electron chi connectivity index (χ3n) is 7.87. The van der Waals surface area contributed by atoms with Crippen molar-refractivity contribution in [2.24, 2.45) is 5.41 Å². The van der Waals surface area contributed by atoms with Gasteiger partial charge in [0, 0.05) is 62.7 Å². The molecule has 1 spiro atoms. The lowest BCUT2D eigenvalue weighted by Crippen LogP contribution is -2.64. The Morgan fingerprint density at radius 1 is 1.00 bits per heavy atom. The number of hydrogen-bond donors (Lipinski definition) is 1. The van der Waals surface area contributed by atoms with Crippen LogP contribution in [0.3, 0.4) is 0 Å². The van der Waals surface area contributed by atoms with Gasteiger partial charge in [-0.05, 0) is 44.6 Å². The van der Waals surface area contributed by atoms with Crippen LogP contribution in [0, 0.1) is 11.2 Å². The molecule has 8 nitrogen and oxygen atoms in total. The van der Waals surface area contributed by atoms with Gasteiger partial charge in [0.15, 0.2) is 11.6 Å². The van der Waals surface area contributed by atoms with Crippen LogP contribution in [0.15, 0.2) is 12.3 Å². The number of urea groups is 1. The highest BCUT2D eigenvalue weighted by atomic mass is 35.5. The molecule has 0 radical (unpaired) electrons. The molecule has 0 atom stereocenters. The fraction of sp³-hybridized carbons (Fsp3) is 0.652. The molecule has 176 valence electrons. The van der Waals surface area contributed by atoms with E-state index < -0.39 is 0 Å². The number of halogens is 2. The van der Waals surface area contributed by atoms with E-state index in [-0.39, 0.29) is 17.3 Å². The van der Waals surface area contributed by atoms with E-state index in [0.29, 0.717) is 22.7 Å². The smallest absolute Gasteiger partial charge is 0.320 e. The lowest BCUT2D eigenvalue weighted by atomic mass is 9.72. The number of pyridine rings is 1. The molecule has 2 amide bonds. The quantitative estimate of drug-likeness (QED) is 0.733. The Morgan fingerprint density at radius 2 is 1.64 bits per heavy atom. The van der Waals surface area contributed by atoms with Crippen molar-refractivity contribution in [1.29, 1.82) is 0 Å². The molecule has 4 fully saturated rings. The average molecular weight is 474 g/mol. The summed E-state index contributed by atoms with van der Waals surface area (Å²) >= 11 is 5.83. The Hall–Kier alpha value is -2.42. The molecular weight excluding hydrogens is 445 g/mol. The van der Waals surface area contributed by atoms with Gasteiger partial charge in [0.1, 0.15) is 11.6 Å². The summed E-state index contributed by atoms with van der Waals surface area (Å²) in [5.74, 6) is 2.98. The first-order valence-electron chi connectivity index (χ1n) is 12.0. The van der Waals surface area contributed by atoms with Gasteiger partial charge < -0.3 is 19.7 Å². The monoisotopic (exact) mass is 473 g/mol. The number of piperidine rings is 2. The van der Waals surface area contributed by atoms with Crippen molar-refractivity contribution in [3.05, 3.63) is 34.8 Å². The molecule has 0 bridgehead atoms. The molecule has 33 heavy (non-hydrogen) atoms. The number of nitrogens with one attached hydrogen (secondary N) is 1. The third-order valence-corrected chi connectivity index (χ3v) is 8.08. The molecule has 0 unspecified atom stereocenters. The molecule has 3 aliphatic heterocycles. The van der Waals surface area contributed by atoms with E-state index in [9.17, 15) is 9.18 Å². The number of likely N-dealkylation sites (tertiary alicyclic amines) is 2. The van der Waals surface area contributed by atoms with Crippen LogP contribution in [-0.2, 0) is 0 Å². The van der Waals surface area contributed by atoms with Crippen LogP contribution < -0.4 is 4.90 Å². The molecule has 3 saturated heterocycles.